The van der Waals surface area contributed by atoms with Gasteiger partial charge in [0.25, 0.3) is 0 Å². The highest BCUT2D eigenvalue weighted by atomic mass is 32.1. The SMILES string of the molecule is COc1ccc(-c2nc(C=CC(=O)N3CCN(C(C)=O)CC3)cs2)cc1. The lowest BCUT2D eigenvalue weighted by Gasteiger charge is -2.33. The van der Waals surface area contributed by atoms with Crippen LogP contribution in [0.3, 0.4) is 0 Å². The number of benzene rings is 1. The van der Waals surface area contributed by atoms with Crippen molar-refractivity contribution in [3.63, 3.8) is 0 Å². The van der Waals surface area contributed by atoms with E-state index < -0.39 is 0 Å². The average Bonchev–Trinajstić information content (AvgIpc) is 3.15. The van der Waals surface area contributed by atoms with Crippen molar-refractivity contribution in [1.29, 1.82) is 0 Å². The van der Waals surface area contributed by atoms with E-state index in [-0.39, 0.29) is 11.8 Å². The van der Waals surface area contributed by atoms with Crippen molar-refractivity contribution in [3.8, 4) is 16.3 Å². The van der Waals surface area contributed by atoms with Crippen LogP contribution in [0.4, 0.5) is 0 Å². The molecule has 0 bridgehead atoms. The molecule has 0 aliphatic carbocycles. The molecule has 1 fully saturated rings. The highest BCUT2D eigenvalue weighted by Gasteiger charge is 2.20. The first-order chi connectivity index (χ1) is 12.6. The third-order valence-corrected chi connectivity index (χ3v) is 5.20. The number of carbonyl (C=O) groups is 2. The highest BCUT2D eigenvalue weighted by molar-refractivity contribution is 7.13. The monoisotopic (exact) mass is 371 g/mol. The third-order valence-electron chi connectivity index (χ3n) is 4.29. The van der Waals surface area contributed by atoms with E-state index in [1.807, 2.05) is 29.6 Å². The molecule has 3 rings (SSSR count). The molecule has 2 amide bonds. The van der Waals surface area contributed by atoms with Gasteiger partial charge in [0.1, 0.15) is 10.8 Å². The minimum Gasteiger partial charge on any atom is -0.497 e. The van der Waals surface area contributed by atoms with Gasteiger partial charge in [-0.25, -0.2) is 4.98 Å². The molecule has 0 N–H and O–H groups in total. The van der Waals surface area contributed by atoms with Crippen molar-refractivity contribution >= 4 is 29.2 Å². The Morgan fingerprint density at radius 3 is 2.38 bits per heavy atom. The van der Waals surface area contributed by atoms with Gasteiger partial charge in [-0.3, -0.25) is 9.59 Å². The number of carbonyl (C=O) groups excluding carboxylic acids is 2. The second-order valence-corrected chi connectivity index (χ2v) is 6.83. The van der Waals surface area contributed by atoms with Gasteiger partial charge >= 0.3 is 0 Å². The molecule has 0 saturated carbocycles. The quantitative estimate of drug-likeness (QED) is 0.775. The van der Waals surface area contributed by atoms with E-state index in [1.54, 1.807) is 36.0 Å². The minimum absolute atomic E-state index is 0.0489. The van der Waals surface area contributed by atoms with Crippen LogP contribution in [0.5, 0.6) is 5.75 Å². The smallest absolute Gasteiger partial charge is 0.246 e. The van der Waals surface area contributed by atoms with Crippen LogP contribution in [-0.4, -0.2) is 59.9 Å². The van der Waals surface area contributed by atoms with Crippen LogP contribution in [0, 0.1) is 0 Å². The fourth-order valence-corrected chi connectivity index (χ4v) is 3.53. The maximum absolute atomic E-state index is 12.3. The van der Waals surface area contributed by atoms with E-state index in [1.165, 1.54) is 11.3 Å². The van der Waals surface area contributed by atoms with Gasteiger partial charge < -0.3 is 14.5 Å². The second-order valence-electron chi connectivity index (χ2n) is 5.97. The van der Waals surface area contributed by atoms with E-state index in [0.29, 0.717) is 26.2 Å². The van der Waals surface area contributed by atoms with Crippen LogP contribution in [0.1, 0.15) is 12.6 Å². The lowest BCUT2D eigenvalue weighted by Crippen LogP contribution is -2.49. The van der Waals surface area contributed by atoms with Crippen molar-refractivity contribution in [1.82, 2.24) is 14.8 Å². The zero-order chi connectivity index (χ0) is 18.5. The molecule has 26 heavy (non-hydrogen) atoms. The maximum atomic E-state index is 12.3. The summed E-state index contributed by atoms with van der Waals surface area (Å²) >= 11 is 1.53. The molecular weight excluding hydrogens is 350 g/mol. The van der Waals surface area contributed by atoms with Crippen LogP contribution in [0.15, 0.2) is 35.7 Å². The normalized spacial score (nSPS) is 14.7. The summed E-state index contributed by atoms with van der Waals surface area (Å²) in [5.74, 6) is 0.814. The van der Waals surface area contributed by atoms with E-state index >= 15 is 0 Å². The minimum atomic E-state index is -0.0489. The maximum Gasteiger partial charge on any atom is 0.246 e. The highest BCUT2D eigenvalue weighted by Crippen LogP contribution is 2.26. The third kappa shape index (κ3) is 4.29. The summed E-state index contributed by atoms with van der Waals surface area (Å²) < 4.78 is 5.16. The number of piperazine rings is 1. The predicted molar refractivity (Wildman–Crippen MR) is 102 cm³/mol. The Kier molecular flexibility index (Phi) is 5.68. The average molecular weight is 371 g/mol. The Morgan fingerprint density at radius 1 is 1.12 bits per heavy atom. The lowest BCUT2D eigenvalue weighted by molar-refractivity contribution is -0.135. The van der Waals surface area contributed by atoms with Crippen molar-refractivity contribution in [3.05, 3.63) is 41.4 Å². The van der Waals surface area contributed by atoms with Crippen molar-refractivity contribution in [2.24, 2.45) is 0 Å². The molecule has 2 heterocycles. The molecule has 7 heteroatoms. The molecule has 136 valence electrons. The van der Waals surface area contributed by atoms with E-state index in [9.17, 15) is 9.59 Å². The molecule has 2 aromatic rings. The first kappa shape index (κ1) is 18.1. The predicted octanol–water partition coefficient (Wildman–Crippen LogP) is 2.52. The zero-order valence-corrected chi connectivity index (χ0v) is 15.7. The molecule has 1 aliphatic heterocycles. The Balaban J connectivity index is 1.59. The van der Waals surface area contributed by atoms with Crippen LogP contribution in [-0.2, 0) is 9.59 Å². The van der Waals surface area contributed by atoms with E-state index in [2.05, 4.69) is 4.98 Å². The Bertz CT molecular complexity index is 806. The topological polar surface area (TPSA) is 62.7 Å². The summed E-state index contributed by atoms with van der Waals surface area (Å²) in [5.41, 5.74) is 1.78. The van der Waals surface area contributed by atoms with Gasteiger partial charge in [0, 0.05) is 50.1 Å². The number of amides is 2. The molecule has 1 aromatic heterocycles. The van der Waals surface area contributed by atoms with Gasteiger partial charge in [0.05, 0.1) is 12.8 Å². The van der Waals surface area contributed by atoms with Gasteiger partial charge in [0.2, 0.25) is 11.8 Å². The largest absolute Gasteiger partial charge is 0.497 e. The summed E-state index contributed by atoms with van der Waals surface area (Å²) in [6.07, 6.45) is 3.29. The Hall–Kier alpha value is -2.67. The summed E-state index contributed by atoms with van der Waals surface area (Å²) in [5, 5.41) is 2.83. The van der Waals surface area contributed by atoms with Crippen molar-refractivity contribution < 1.29 is 14.3 Å². The van der Waals surface area contributed by atoms with Gasteiger partial charge in [-0.1, -0.05) is 0 Å². The van der Waals surface area contributed by atoms with Crippen LogP contribution < -0.4 is 4.74 Å². The van der Waals surface area contributed by atoms with Gasteiger partial charge in [-0.15, -0.1) is 11.3 Å². The Morgan fingerprint density at radius 2 is 1.77 bits per heavy atom. The first-order valence-corrected chi connectivity index (χ1v) is 9.27. The first-order valence-electron chi connectivity index (χ1n) is 8.39. The molecule has 1 aliphatic rings. The van der Waals surface area contributed by atoms with Gasteiger partial charge in [-0.05, 0) is 30.3 Å². The molecule has 1 saturated heterocycles. The Labute approximate surface area is 156 Å². The van der Waals surface area contributed by atoms with Crippen LogP contribution >= 0.6 is 11.3 Å². The lowest BCUT2D eigenvalue weighted by atomic mass is 10.2. The molecule has 6 nitrogen and oxygen atoms in total. The summed E-state index contributed by atoms with van der Waals surface area (Å²) in [4.78, 5) is 31.7. The standard InChI is InChI=1S/C19H21N3O3S/c1-14(23)21-9-11-22(12-10-21)18(24)8-5-16-13-26-19(20-16)15-3-6-17(25-2)7-4-15/h3-8,13H,9-12H2,1-2H3. The number of nitrogens with zero attached hydrogens (tertiary/aromatic N) is 3. The molecule has 0 atom stereocenters. The van der Waals surface area contributed by atoms with Gasteiger partial charge in [-0.2, -0.15) is 0 Å². The summed E-state index contributed by atoms with van der Waals surface area (Å²) in [6, 6.07) is 7.72. The number of aromatic nitrogens is 1. The fourth-order valence-electron chi connectivity index (χ4n) is 2.73. The summed E-state index contributed by atoms with van der Waals surface area (Å²) in [7, 11) is 1.64. The van der Waals surface area contributed by atoms with E-state index in [4.69, 9.17) is 4.74 Å². The van der Waals surface area contributed by atoms with Crippen molar-refractivity contribution in [2.45, 2.75) is 6.92 Å². The molecule has 0 unspecified atom stereocenters. The molecule has 0 spiro atoms. The number of hydrogen-bond acceptors (Lipinski definition) is 5. The number of ether oxygens (including phenoxy) is 1. The van der Waals surface area contributed by atoms with Gasteiger partial charge in [0.15, 0.2) is 0 Å². The summed E-state index contributed by atoms with van der Waals surface area (Å²) in [6.45, 7) is 3.87. The molecular formula is C19H21N3O3S. The molecule has 1 aromatic carbocycles. The van der Waals surface area contributed by atoms with Crippen LogP contribution in [0.25, 0.3) is 16.6 Å². The van der Waals surface area contributed by atoms with Crippen molar-refractivity contribution in [2.75, 3.05) is 33.3 Å². The second kappa shape index (κ2) is 8.14. The number of methoxy groups -OCH3 is 1. The number of rotatable bonds is 4. The number of thiazole rings is 1. The van der Waals surface area contributed by atoms with E-state index in [0.717, 1.165) is 22.0 Å². The number of hydrogen-bond donors (Lipinski definition) is 0. The van der Waals surface area contributed by atoms with Crippen LogP contribution in [0.2, 0.25) is 0 Å². The molecule has 0 radical (unpaired) electrons. The zero-order valence-electron chi connectivity index (χ0n) is 14.8. The fraction of sp³-hybridized carbons (Fsp3) is 0.316.